The maximum absolute atomic E-state index is 5.77. The van der Waals surface area contributed by atoms with Crippen molar-refractivity contribution in [2.24, 2.45) is 5.73 Å². The van der Waals surface area contributed by atoms with Crippen molar-refractivity contribution in [2.45, 2.75) is 20.4 Å². The maximum atomic E-state index is 5.77. The highest BCUT2D eigenvalue weighted by atomic mass is 79.9. The Morgan fingerprint density at radius 2 is 2.00 bits per heavy atom. The molecule has 0 fully saturated rings. The van der Waals surface area contributed by atoms with Crippen molar-refractivity contribution >= 4 is 15.9 Å². The summed E-state index contributed by atoms with van der Waals surface area (Å²) in [7, 11) is 0. The molecule has 0 aliphatic rings. The minimum atomic E-state index is 0.500. The Labute approximate surface area is 112 Å². The molecular formula is C13H21BrN2O. The first kappa shape index (κ1) is 14.5. The second kappa shape index (κ2) is 7.69. The third kappa shape index (κ3) is 4.66. The first-order chi connectivity index (χ1) is 8.21. The Morgan fingerprint density at radius 3 is 2.59 bits per heavy atom. The van der Waals surface area contributed by atoms with Gasteiger partial charge in [-0.05, 0) is 31.3 Å². The van der Waals surface area contributed by atoms with Gasteiger partial charge >= 0.3 is 0 Å². The molecule has 17 heavy (non-hydrogen) atoms. The highest BCUT2D eigenvalue weighted by Gasteiger charge is 2.04. The number of halogens is 1. The molecule has 3 nitrogen and oxygen atoms in total. The smallest absolute Gasteiger partial charge is 0.123 e. The van der Waals surface area contributed by atoms with E-state index in [1.807, 2.05) is 18.2 Å². The van der Waals surface area contributed by atoms with Gasteiger partial charge in [-0.15, -0.1) is 0 Å². The molecule has 0 saturated heterocycles. The van der Waals surface area contributed by atoms with Crippen molar-refractivity contribution in [1.29, 1.82) is 0 Å². The number of rotatable bonds is 7. The summed E-state index contributed by atoms with van der Waals surface area (Å²) in [4.78, 5) is 2.33. The highest BCUT2D eigenvalue weighted by Crippen LogP contribution is 2.22. The quantitative estimate of drug-likeness (QED) is 0.841. The van der Waals surface area contributed by atoms with Crippen molar-refractivity contribution < 1.29 is 4.74 Å². The molecule has 0 unspecified atom stereocenters. The number of nitrogens with two attached hydrogens (primary N) is 1. The fourth-order valence-electron chi connectivity index (χ4n) is 1.67. The van der Waals surface area contributed by atoms with E-state index in [4.69, 9.17) is 10.5 Å². The van der Waals surface area contributed by atoms with E-state index >= 15 is 0 Å². The summed E-state index contributed by atoms with van der Waals surface area (Å²) in [6.07, 6.45) is 0. The van der Waals surface area contributed by atoms with E-state index in [1.54, 1.807) is 0 Å². The minimum Gasteiger partial charge on any atom is -0.492 e. The van der Waals surface area contributed by atoms with E-state index in [1.165, 1.54) is 0 Å². The largest absolute Gasteiger partial charge is 0.492 e. The molecule has 96 valence electrons. The van der Waals surface area contributed by atoms with Crippen molar-refractivity contribution in [3.8, 4) is 5.75 Å². The summed E-state index contributed by atoms with van der Waals surface area (Å²) in [6, 6.07) is 5.95. The Kier molecular flexibility index (Phi) is 6.55. The molecule has 1 rings (SSSR count). The van der Waals surface area contributed by atoms with E-state index in [0.717, 1.165) is 35.4 Å². The Hall–Kier alpha value is -0.580. The van der Waals surface area contributed by atoms with Crippen LogP contribution in [0.3, 0.4) is 0 Å². The van der Waals surface area contributed by atoms with Crippen LogP contribution in [0.15, 0.2) is 22.7 Å². The first-order valence-electron chi connectivity index (χ1n) is 6.04. The molecule has 0 spiro atoms. The van der Waals surface area contributed by atoms with Gasteiger partial charge in [0.25, 0.3) is 0 Å². The molecule has 0 aliphatic heterocycles. The second-order valence-electron chi connectivity index (χ2n) is 3.83. The van der Waals surface area contributed by atoms with Crippen LogP contribution in [0.5, 0.6) is 5.75 Å². The lowest BCUT2D eigenvalue weighted by molar-refractivity contribution is 0.221. The van der Waals surface area contributed by atoms with Crippen LogP contribution < -0.4 is 10.5 Å². The van der Waals surface area contributed by atoms with Crippen LogP contribution in [0.25, 0.3) is 0 Å². The summed E-state index contributed by atoms with van der Waals surface area (Å²) in [5.41, 5.74) is 6.73. The lowest BCUT2D eigenvalue weighted by Gasteiger charge is -2.18. The van der Waals surface area contributed by atoms with E-state index in [-0.39, 0.29) is 0 Å². The number of benzene rings is 1. The molecule has 1 aromatic rings. The van der Waals surface area contributed by atoms with E-state index in [9.17, 15) is 0 Å². The summed E-state index contributed by atoms with van der Waals surface area (Å²) in [5, 5.41) is 0. The molecule has 0 atom stereocenters. The van der Waals surface area contributed by atoms with Crippen molar-refractivity contribution in [1.82, 2.24) is 4.90 Å². The predicted molar refractivity (Wildman–Crippen MR) is 75.3 cm³/mol. The molecule has 4 heteroatoms. The van der Waals surface area contributed by atoms with Crippen LogP contribution in [0, 0.1) is 0 Å². The molecule has 2 N–H and O–H groups in total. The number of hydrogen-bond acceptors (Lipinski definition) is 3. The molecule has 0 heterocycles. The van der Waals surface area contributed by atoms with Crippen molar-refractivity contribution in [3.63, 3.8) is 0 Å². The van der Waals surface area contributed by atoms with Gasteiger partial charge in [0.05, 0.1) is 0 Å². The molecule has 0 radical (unpaired) electrons. The number of likely N-dealkylation sites (N-methyl/N-ethyl adjacent to an activating group) is 1. The second-order valence-corrected chi connectivity index (χ2v) is 4.75. The molecule has 0 bridgehead atoms. The van der Waals surface area contributed by atoms with Gasteiger partial charge in [-0.25, -0.2) is 0 Å². The van der Waals surface area contributed by atoms with E-state index in [2.05, 4.69) is 34.7 Å². The van der Waals surface area contributed by atoms with Crippen LogP contribution in [-0.4, -0.2) is 31.1 Å². The summed E-state index contributed by atoms with van der Waals surface area (Å²) >= 11 is 3.43. The average Bonchev–Trinajstić information content (AvgIpc) is 2.36. The Morgan fingerprint density at radius 1 is 1.29 bits per heavy atom. The van der Waals surface area contributed by atoms with Gasteiger partial charge in [0.15, 0.2) is 0 Å². The first-order valence-corrected chi connectivity index (χ1v) is 6.84. The third-order valence-electron chi connectivity index (χ3n) is 2.80. The molecule has 0 aromatic heterocycles. The van der Waals surface area contributed by atoms with E-state index < -0.39 is 0 Å². The molecule has 0 amide bonds. The summed E-state index contributed by atoms with van der Waals surface area (Å²) < 4.78 is 6.81. The summed E-state index contributed by atoms with van der Waals surface area (Å²) in [6.45, 7) is 8.60. The van der Waals surface area contributed by atoms with Gasteiger partial charge in [-0.1, -0.05) is 29.8 Å². The van der Waals surface area contributed by atoms with Crippen LogP contribution in [0.4, 0.5) is 0 Å². The molecule has 0 aliphatic carbocycles. The van der Waals surface area contributed by atoms with Crippen molar-refractivity contribution in [2.75, 3.05) is 26.2 Å². The zero-order valence-electron chi connectivity index (χ0n) is 10.6. The lowest BCUT2D eigenvalue weighted by atomic mass is 10.2. The van der Waals surface area contributed by atoms with Crippen LogP contribution in [0.1, 0.15) is 19.4 Å². The monoisotopic (exact) mass is 300 g/mol. The average molecular weight is 301 g/mol. The van der Waals surface area contributed by atoms with Crippen LogP contribution in [-0.2, 0) is 6.54 Å². The normalized spacial score (nSPS) is 10.9. The SMILES string of the molecule is CCN(CC)CCOc1ccc(Br)cc1CN. The van der Waals surface area contributed by atoms with Gasteiger partial charge < -0.3 is 15.4 Å². The summed E-state index contributed by atoms with van der Waals surface area (Å²) in [5.74, 6) is 0.892. The van der Waals surface area contributed by atoms with Crippen LogP contribution >= 0.6 is 15.9 Å². The van der Waals surface area contributed by atoms with Gasteiger partial charge in [0, 0.05) is 23.1 Å². The fraction of sp³-hybridized carbons (Fsp3) is 0.538. The maximum Gasteiger partial charge on any atom is 0.123 e. The minimum absolute atomic E-state index is 0.500. The Bertz CT molecular complexity index is 340. The van der Waals surface area contributed by atoms with E-state index in [0.29, 0.717) is 13.2 Å². The lowest BCUT2D eigenvalue weighted by Crippen LogP contribution is -2.28. The Balaban J connectivity index is 2.51. The molecule has 0 saturated carbocycles. The number of ether oxygens (including phenoxy) is 1. The van der Waals surface area contributed by atoms with Gasteiger partial charge in [0.2, 0.25) is 0 Å². The predicted octanol–water partition coefficient (Wildman–Crippen LogP) is 2.63. The van der Waals surface area contributed by atoms with Gasteiger partial charge in [-0.3, -0.25) is 0 Å². The molecular weight excluding hydrogens is 280 g/mol. The van der Waals surface area contributed by atoms with Crippen molar-refractivity contribution in [3.05, 3.63) is 28.2 Å². The van der Waals surface area contributed by atoms with Crippen LogP contribution in [0.2, 0.25) is 0 Å². The highest BCUT2D eigenvalue weighted by molar-refractivity contribution is 9.10. The zero-order chi connectivity index (χ0) is 12.7. The molecule has 1 aromatic carbocycles. The van der Waals surface area contributed by atoms with Gasteiger partial charge in [-0.2, -0.15) is 0 Å². The van der Waals surface area contributed by atoms with Gasteiger partial charge in [0.1, 0.15) is 12.4 Å². The number of nitrogens with zero attached hydrogens (tertiary/aromatic N) is 1. The standard InChI is InChI=1S/C13H21BrN2O/c1-3-16(4-2)7-8-17-13-6-5-12(14)9-11(13)10-15/h5-6,9H,3-4,7-8,10,15H2,1-2H3. The topological polar surface area (TPSA) is 38.5 Å². The zero-order valence-corrected chi connectivity index (χ0v) is 12.2. The number of hydrogen-bond donors (Lipinski definition) is 1. The third-order valence-corrected chi connectivity index (χ3v) is 3.30. The fourth-order valence-corrected chi connectivity index (χ4v) is 2.08.